The van der Waals surface area contributed by atoms with E-state index in [4.69, 9.17) is 0 Å². The van der Waals surface area contributed by atoms with Crippen LogP contribution in [0.4, 0.5) is 5.69 Å². The predicted octanol–water partition coefficient (Wildman–Crippen LogP) is 2.59. The van der Waals surface area contributed by atoms with E-state index in [0.29, 0.717) is 11.3 Å². The lowest BCUT2D eigenvalue weighted by Gasteiger charge is -2.08. The molecule has 0 aliphatic rings. The van der Waals surface area contributed by atoms with Gasteiger partial charge in [0, 0.05) is 20.0 Å². The van der Waals surface area contributed by atoms with Gasteiger partial charge in [-0.1, -0.05) is 0 Å². The van der Waals surface area contributed by atoms with E-state index >= 15 is 0 Å². The Labute approximate surface area is 101 Å². The Hall–Kier alpha value is -2.23. The summed E-state index contributed by atoms with van der Waals surface area (Å²) in [6, 6.07) is 3.57. The fraction of sp³-hybridized carbons (Fsp3) is 0.154. The monoisotopic (exact) mass is 229 g/mol. The normalized spacial score (nSPS) is 10.0. The topological polar surface area (TPSA) is 54.9 Å². The summed E-state index contributed by atoms with van der Waals surface area (Å²) in [5.41, 5.74) is 3.22. The molecule has 0 fully saturated rings. The van der Waals surface area contributed by atoms with Crippen molar-refractivity contribution in [3.8, 4) is 0 Å². The number of nitrogens with one attached hydrogen (secondary N) is 1. The third-order valence-corrected chi connectivity index (χ3v) is 2.63. The molecule has 2 rings (SSSR count). The lowest BCUT2D eigenvalue weighted by atomic mass is 10.1. The van der Waals surface area contributed by atoms with Gasteiger partial charge in [0.25, 0.3) is 5.91 Å². The average Bonchev–Trinajstić information content (AvgIpc) is 2.34. The van der Waals surface area contributed by atoms with Crippen LogP contribution in [0.25, 0.3) is 0 Å². The van der Waals surface area contributed by atoms with E-state index in [2.05, 4.69) is 15.3 Å². The van der Waals surface area contributed by atoms with Crippen molar-refractivity contribution in [2.24, 2.45) is 0 Å². The minimum absolute atomic E-state index is 0. The number of nitrogens with zero attached hydrogens (tertiary/aromatic N) is 2. The van der Waals surface area contributed by atoms with Crippen LogP contribution in [0.15, 0.2) is 36.9 Å². The fourth-order valence-electron chi connectivity index (χ4n) is 1.49. The van der Waals surface area contributed by atoms with Gasteiger partial charge < -0.3 is 5.32 Å². The number of pyridine rings is 2. The van der Waals surface area contributed by atoms with E-state index in [1.807, 2.05) is 13.8 Å². The van der Waals surface area contributed by atoms with E-state index in [1.54, 1.807) is 36.9 Å². The maximum Gasteiger partial charge on any atom is 0.257 e. The lowest BCUT2D eigenvalue weighted by Crippen LogP contribution is -2.14. The number of aryl methyl sites for hydroxylation is 1. The Morgan fingerprint density at radius 2 is 2.06 bits per heavy atom. The van der Waals surface area contributed by atoms with Crippen molar-refractivity contribution >= 4 is 11.6 Å². The summed E-state index contributed by atoms with van der Waals surface area (Å²) in [5.74, 6) is -0.160. The summed E-state index contributed by atoms with van der Waals surface area (Å²) in [7, 11) is 0. The van der Waals surface area contributed by atoms with E-state index in [9.17, 15) is 4.79 Å². The molecule has 0 atom stereocenters. The Kier molecular flexibility index (Phi) is 3.14. The number of anilines is 1. The Bertz CT molecular complexity index is 543. The SMILES string of the molecule is Cc1cncc(C(=O)Nc2cccnc2)c1C.[HH]. The maximum atomic E-state index is 12.0. The number of carbonyl (C=O) groups excluding carboxylic acids is 1. The molecule has 4 heteroatoms. The minimum atomic E-state index is -0.160. The summed E-state index contributed by atoms with van der Waals surface area (Å²) >= 11 is 0. The first-order valence-corrected chi connectivity index (χ1v) is 5.31. The highest BCUT2D eigenvalue weighted by Crippen LogP contribution is 2.13. The molecule has 2 aromatic rings. The Morgan fingerprint density at radius 3 is 2.76 bits per heavy atom. The van der Waals surface area contributed by atoms with Crippen molar-refractivity contribution in [3.63, 3.8) is 0 Å². The second-order valence-electron chi connectivity index (χ2n) is 3.82. The van der Waals surface area contributed by atoms with Gasteiger partial charge in [-0.15, -0.1) is 0 Å². The standard InChI is InChI=1S/C13H13N3O.H2/c1-9-6-15-8-12(10(9)2)13(17)16-11-4-3-5-14-7-11;/h3-8H,1-2H3,(H,16,17);1H. The highest BCUT2D eigenvalue weighted by atomic mass is 16.1. The highest BCUT2D eigenvalue weighted by molar-refractivity contribution is 6.05. The van der Waals surface area contributed by atoms with Gasteiger partial charge in [-0.25, -0.2) is 0 Å². The number of aromatic nitrogens is 2. The van der Waals surface area contributed by atoms with Gasteiger partial charge in [0.05, 0.1) is 17.4 Å². The average molecular weight is 229 g/mol. The summed E-state index contributed by atoms with van der Waals surface area (Å²) < 4.78 is 0. The molecule has 0 aliphatic carbocycles. The van der Waals surface area contributed by atoms with E-state index in [1.165, 1.54) is 0 Å². The molecule has 0 unspecified atom stereocenters. The van der Waals surface area contributed by atoms with Gasteiger partial charge in [0.15, 0.2) is 0 Å². The van der Waals surface area contributed by atoms with E-state index in [0.717, 1.165) is 11.1 Å². The van der Waals surface area contributed by atoms with Crippen LogP contribution in [0, 0.1) is 13.8 Å². The fourth-order valence-corrected chi connectivity index (χ4v) is 1.49. The molecule has 0 saturated heterocycles. The molecule has 0 spiro atoms. The number of hydrogen-bond donors (Lipinski definition) is 1. The molecular formula is C13H15N3O. The van der Waals surface area contributed by atoms with Gasteiger partial charge in [-0.3, -0.25) is 14.8 Å². The Morgan fingerprint density at radius 1 is 1.24 bits per heavy atom. The van der Waals surface area contributed by atoms with Crippen LogP contribution in [0.1, 0.15) is 22.9 Å². The van der Waals surface area contributed by atoms with E-state index < -0.39 is 0 Å². The first-order chi connectivity index (χ1) is 8.18. The number of amides is 1. The first-order valence-electron chi connectivity index (χ1n) is 5.31. The molecular weight excluding hydrogens is 214 g/mol. The molecule has 1 N–H and O–H groups in total. The van der Waals surface area contributed by atoms with Crippen LogP contribution >= 0.6 is 0 Å². The van der Waals surface area contributed by atoms with Gasteiger partial charge >= 0.3 is 0 Å². The zero-order chi connectivity index (χ0) is 12.3. The van der Waals surface area contributed by atoms with Gasteiger partial charge in [-0.2, -0.15) is 0 Å². The number of carbonyl (C=O) groups is 1. The summed E-state index contributed by atoms with van der Waals surface area (Å²) in [6.07, 6.45) is 6.59. The maximum absolute atomic E-state index is 12.0. The molecule has 0 radical (unpaired) electrons. The van der Waals surface area contributed by atoms with Crippen LogP contribution in [0.2, 0.25) is 0 Å². The number of rotatable bonds is 2. The third kappa shape index (κ3) is 2.47. The zero-order valence-electron chi connectivity index (χ0n) is 9.77. The van der Waals surface area contributed by atoms with Gasteiger partial charge in [0.2, 0.25) is 0 Å². The van der Waals surface area contributed by atoms with Crippen LogP contribution in [0.5, 0.6) is 0 Å². The smallest absolute Gasteiger partial charge is 0.257 e. The molecule has 4 nitrogen and oxygen atoms in total. The number of hydrogen-bond acceptors (Lipinski definition) is 3. The van der Waals surface area contributed by atoms with Crippen LogP contribution in [0.3, 0.4) is 0 Å². The molecule has 17 heavy (non-hydrogen) atoms. The lowest BCUT2D eigenvalue weighted by molar-refractivity contribution is 0.102. The van der Waals surface area contributed by atoms with Crippen LogP contribution < -0.4 is 5.32 Å². The second kappa shape index (κ2) is 4.74. The van der Waals surface area contributed by atoms with Gasteiger partial charge in [0.1, 0.15) is 0 Å². The first kappa shape index (κ1) is 11.3. The van der Waals surface area contributed by atoms with Gasteiger partial charge in [-0.05, 0) is 37.1 Å². The van der Waals surface area contributed by atoms with Crippen molar-refractivity contribution in [2.75, 3.05) is 5.32 Å². The second-order valence-corrected chi connectivity index (χ2v) is 3.82. The van der Waals surface area contributed by atoms with Crippen molar-refractivity contribution in [3.05, 3.63) is 53.6 Å². The molecule has 0 saturated carbocycles. The van der Waals surface area contributed by atoms with Crippen LogP contribution in [-0.4, -0.2) is 15.9 Å². The summed E-state index contributed by atoms with van der Waals surface area (Å²) in [6.45, 7) is 3.85. The molecule has 2 aromatic heterocycles. The van der Waals surface area contributed by atoms with E-state index in [-0.39, 0.29) is 7.33 Å². The van der Waals surface area contributed by atoms with Crippen molar-refractivity contribution in [1.29, 1.82) is 0 Å². The molecule has 1 amide bonds. The molecule has 0 aromatic carbocycles. The highest BCUT2D eigenvalue weighted by Gasteiger charge is 2.10. The van der Waals surface area contributed by atoms with Crippen LogP contribution in [-0.2, 0) is 0 Å². The molecule has 0 aliphatic heterocycles. The van der Waals surface area contributed by atoms with Crippen molar-refractivity contribution < 1.29 is 6.22 Å². The minimum Gasteiger partial charge on any atom is -0.321 e. The summed E-state index contributed by atoms with van der Waals surface area (Å²) in [4.78, 5) is 20.0. The third-order valence-electron chi connectivity index (χ3n) is 2.63. The zero-order valence-corrected chi connectivity index (χ0v) is 9.77. The van der Waals surface area contributed by atoms with Crippen molar-refractivity contribution in [1.82, 2.24) is 9.97 Å². The summed E-state index contributed by atoms with van der Waals surface area (Å²) in [5, 5.41) is 2.78. The van der Waals surface area contributed by atoms with Crippen molar-refractivity contribution in [2.45, 2.75) is 13.8 Å². The molecule has 2 heterocycles. The molecule has 0 bridgehead atoms. The Balaban J connectivity index is 0.00000162. The largest absolute Gasteiger partial charge is 0.321 e. The predicted molar refractivity (Wildman–Crippen MR) is 68.0 cm³/mol. The quantitative estimate of drug-likeness (QED) is 0.861. The molecule has 88 valence electrons.